The summed E-state index contributed by atoms with van der Waals surface area (Å²) in [4.78, 5) is 30.8. The van der Waals surface area contributed by atoms with Crippen molar-refractivity contribution in [1.29, 1.82) is 0 Å². The normalized spacial score (nSPS) is 13.0. The number of fused-ring (bicyclic) bond motifs is 2. The summed E-state index contributed by atoms with van der Waals surface area (Å²) >= 11 is 0. The fourth-order valence-corrected chi connectivity index (χ4v) is 2.79. The molecule has 0 saturated heterocycles. The van der Waals surface area contributed by atoms with Gasteiger partial charge in [0.15, 0.2) is 6.61 Å². The molecule has 3 N–H and O–H groups in total. The highest BCUT2D eigenvalue weighted by atomic mass is 16.5. The molecule has 2 aromatic carbocycles. The van der Waals surface area contributed by atoms with Gasteiger partial charge in [-0.15, -0.1) is 0 Å². The molecule has 0 aliphatic carbocycles. The first kappa shape index (κ1) is 15.2. The fraction of sp³-hybridized carbons (Fsp3) is 0.167. The molecule has 2 heterocycles. The average Bonchev–Trinajstić information content (AvgIpc) is 3.09. The second kappa shape index (κ2) is 6.27. The van der Waals surface area contributed by atoms with Gasteiger partial charge >= 0.3 is 0 Å². The van der Waals surface area contributed by atoms with E-state index in [1.54, 1.807) is 18.5 Å². The summed E-state index contributed by atoms with van der Waals surface area (Å²) in [6, 6.07) is 11.0. The van der Waals surface area contributed by atoms with Gasteiger partial charge in [-0.1, -0.05) is 6.07 Å². The number of carbonyl (C=O) groups is 2. The Hall–Kier alpha value is -3.35. The van der Waals surface area contributed by atoms with Crippen LogP contribution >= 0.6 is 0 Å². The SMILES string of the molecule is O=C1COc2ccc(CCNC(=O)c3ccc4nc[nH]c4c3)cc2N1. The number of anilines is 1. The molecule has 7 heteroatoms. The molecule has 1 aromatic heterocycles. The first-order valence-electron chi connectivity index (χ1n) is 7.96. The van der Waals surface area contributed by atoms with E-state index in [-0.39, 0.29) is 18.4 Å². The van der Waals surface area contributed by atoms with Gasteiger partial charge in [-0.05, 0) is 42.3 Å². The lowest BCUT2D eigenvalue weighted by Gasteiger charge is -2.18. The van der Waals surface area contributed by atoms with Crippen molar-refractivity contribution >= 4 is 28.5 Å². The molecule has 0 spiro atoms. The van der Waals surface area contributed by atoms with E-state index >= 15 is 0 Å². The largest absolute Gasteiger partial charge is 0.482 e. The number of benzene rings is 2. The minimum Gasteiger partial charge on any atom is -0.482 e. The van der Waals surface area contributed by atoms with E-state index in [1.807, 2.05) is 24.3 Å². The molecule has 126 valence electrons. The Kier molecular flexibility index (Phi) is 3.81. The van der Waals surface area contributed by atoms with Crippen LogP contribution < -0.4 is 15.4 Å². The highest BCUT2D eigenvalue weighted by Crippen LogP contribution is 2.28. The minimum atomic E-state index is -0.160. The van der Waals surface area contributed by atoms with Gasteiger partial charge in [-0.3, -0.25) is 9.59 Å². The van der Waals surface area contributed by atoms with E-state index in [2.05, 4.69) is 20.6 Å². The van der Waals surface area contributed by atoms with Crippen molar-refractivity contribution in [3.05, 3.63) is 53.9 Å². The number of nitrogens with zero attached hydrogens (tertiary/aromatic N) is 1. The number of aromatic amines is 1. The van der Waals surface area contributed by atoms with Crippen LogP contribution in [0, 0.1) is 0 Å². The number of imidazole rings is 1. The summed E-state index contributed by atoms with van der Waals surface area (Å²) in [6.07, 6.45) is 2.26. The summed E-state index contributed by atoms with van der Waals surface area (Å²) in [5.41, 5.74) is 3.93. The maximum absolute atomic E-state index is 12.3. The standard InChI is InChI=1S/C18H16N4O3/c23-17-9-25-16-4-1-11(7-15(16)22-17)5-6-19-18(24)12-2-3-13-14(8-12)21-10-20-13/h1-4,7-8,10H,5-6,9H2,(H,19,24)(H,20,21)(H,22,23). The molecule has 2 amide bonds. The van der Waals surface area contributed by atoms with E-state index < -0.39 is 0 Å². The van der Waals surface area contributed by atoms with Crippen LogP contribution in [0.2, 0.25) is 0 Å². The van der Waals surface area contributed by atoms with Crippen molar-refractivity contribution in [2.75, 3.05) is 18.5 Å². The third kappa shape index (κ3) is 3.16. The van der Waals surface area contributed by atoms with E-state index in [0.29, 0.717) is 30.0 Å². The third-order valence-corrected chi connectivity index (χ3v) is 4.06. The number of nitrogens with one attached hydrogen (secondary N) is 3. The van der Waals surface area contributed by atoms with Crippen molar-refractivity contribution in [3.8, 4) is 5.75 Å². The number of rotatable bonds is 4. The Balaban J connectivity index is 1.38. The molecule has 0 saturated carbocycles. The van der Waals surface area contributed by atoms with Crippen molar-refractivity contribution in [1.82, 2.24) is 15.3 Å². The van der Waals surface area contributed by atoms with Gasteiger partial charge < -0.3 is 20.4 Å². The Morgan fingerprint density at radius 3 is 3.08 bits per heavy atom. The number of H-pyrrole nitrogens is 1. The molecular formula is C18H16N4O3. The first-order chi connectivity index (χ1) is 12.2. The zero-order chi connectivity index (χ0) is 17.2. The van der Waals surface area contributed by atoms with E-state index in [0.717, 1.165) is 16.6 Å². The second-order valence-corrected chi connectivity index (χ2v) is 5.81. The molecular weight excluding hydrogens is 320 g/mol. The van der Waals surface area contributed by atoms with Crippen molar-refractivity contribution in [2.45, 2.75) is 6.42 Å². The minimum absolute atomic E-state index is 0.0447. The highest BCUT2D eigenvalue weighted by Gasteiger charge is 2.15. The number of aromatic nitrogens is 2. The number of carbonyl (C=O) groups excluding carboxylic acids is 2. The van der Waals surface area contributed by atoms with Crippen LogP contribution in [0.4, 0.5) is 5.69 Å². The zero-order valence-corrected chi connectivity index (χ0v) is 13.3. The lowest BCUT2D eigenvalue weighted by Crippen LogP contribution is -2.26. The lowest BCUT2D eigenvalue weighted by molar-refractivity contribution is -0.118. The van der Waals surface area contributed by atoms with Gasteiger partial charge in [0, 0.05) is 12.1 Å². The molecule has 0 unspecified atom stereocenters. The predicted molar refractivity (Wildman–Crippen MR) is 92.7 cm³/mol. The molecule has 0 bridgehead atoms. The summed E-state index contributed by atoms with van der Waals surface area (Å²) in [6.45, 7) is 0.538. The number of ether oxygens (including phenoxy) is 1. The maximum Gasteiger partial charge on any atom is 0.262 e. The molecule has 1 aliphatic heterocycles. The summed E-state index contributed by atoms with van der Waals surface area (Å²) in [5, 5.41) is 5.68. The van der Waals surface area contributed by atoms with E-state index in [1.165, 1.54) is 0 Å². The Labute approximate surface area is 143 Å². The Morgan fingerprint density at radius 1 is 1.24 bits per heavy atom. The van der Waals surface area contributed by atoms with Gasteiger partial charge in [-0.2, -0.15) is 0 Å². The lowest BCUT2D eigenvalue weighted by atomic mass is 10.1. The fourth-order valence-electron chi connectivity index (χ4n) is 2.79. The third-order valence-electron chi connectivity index (χ3n) is 4.06. The van der Waals surface area contributed by atoms with Crippen LogP contribution in [0.15, 0.2) is 42.7 Å². The van der Waals surface area contributed by atoms with Crippen LogP contribution in [0.3, 0.4) is 0 Å². The van der Waals surface area contributed by atoms with Crippen molar-refractivity contribution in [2.24, 2.45) is 0 Å². The number of hydrogen-bond acceptors (Lipinski definition) is 4. The molecule has 4 rings (SSSR count). The molecule has 25 heavy (non-hydrogen) atoms. The smallest absolute Gasteiger partial charge is 0.262 e. The van der Waals surface area contributed by atoms with E-state index in [4.69, 9.17) is 4.74 Å². The monoisotopic (exact) mass is 336 g/mol. The molecule has 0 radical (unpaired) electrons. The van der Waals surface area contributed by atoms with Crippen LogP contribution in [0.1, 0.15) is 15.9 Å². The van der Waals surface area contributed by atoms with Crippen LogP contribution in [0.25, 0.3) is 11.0 Å². The van der Waals surface area contributed by atoms with Gasteiger partial charge in [-0.25, -0.2) is 4.98 Å². The molecule has 0 atom stereocenters. The number of amides is 2. The summed E-state index contributed by atoms with van der Waals surface area (Å²) in [7, 11) is 0. The zero-order valence-electron chi connectivity index (χ0n) is 13.3. The first-order valence-corrected chi connectivity index (χ1v) is 7.96. The predicted octanol–water partition coefficient (Wildman–Crippen LogP) is 1.87. The maximum atomic E-state index is 12.3. The Morgan fingerprint density at radius 2 is 2.16 bits per heavy atom. The van der Waals surface area contributed by atoms with Crippen molar-refractivity contribution < 1.29 is 14.3 Å². The van der Waals surface area contributed by atoms with Crippen LogP contribution in [0.5, 0.6) is 5.75 Å². The quantitative estimate of drug-likeness (QED) is 0.678. The summed E-state index contributed by atoms with van der Waals surface area (Å²) in [5.74, 6) is 0.374. The number of hydrogen-bond donors (Lipinski definition) is 3. The topological polar surface area (TPSA) is 96.1 Å². The highest BCUT2D eigenvalue weighted by molar-refractivity contribution is 5.97. The molecule has 7 nitrogen and oxygen atoms in total. The Bertz CT molecular complexity index is 964. The van der Waals surface area contributed by atoms with Crippen molar-refractivity contribution in [3.63, 3.8) is 0 Å². The van der Waals surface area contributed by atoms with Crippen LogP contribution in [-0.4, -0.2) is 34.9 Å². The van der Waals surface area contributed by atoms with Gasteiger partial charge in [0.2, 0.25) is 0 Å². The van der Waals surface area contributed by atoms with E-state index in [9.17, 15) is 9.59 Å². The van der Waals surface area contributed by atoms with Gasteiger partial charge in [0.05, 0.1) is 23.0 Å². The second-order valence-electron chi connectivity index (χ2n) is 5.81. The molecule has 1 aliphatic rings. The van der Waals surface area contributed by atoms with Crippen LogP contribution in [-0.2, 0) is 11.2 Å². The summed E-state index contributed by atoms with van der Waals surface area (Å²) < 4.78 is 5.33. The van der Waals surface area contributed by atoms with Gasteiger partial charge in [0.25, 0.3) is 11.8 Å². The van der Waals surface area contributed by atoms with Gasteiger partial charge in [0.1, 0.15) is 5.75 Å². The molecule has 3 aromatic rings. The average molecular weight is 336 g/mol. The molecule has 0 fully saturated rings.